The summed E-state index contributed by atoms with van der Waals surface area (Å²) in [5.41, 5.74) is 0. The molecule has 0 spiro atoms. The van der Waals surface area contributed by atoms with Crippen LogP contribution in [-0.2, 0) is 19.1 Å². The molecule has 1 atom stereocenters. The molecule has 0 fully saturated rings. The Balaban J connectivity index is 3.45. The van der Waals surface area contributed by atoms with Crippen molar-refractivity contribution >= 4 is 11.9 Å². The molecule has 0 bridgehead atoms. The molecule has 292 valence electrons. The Labute approximate surface area is 306 Å². The molecular formula is C44H86O5. The molecule has 0 aliphatic carbocycles. The molecule has 0 aromatic heterocycles. The highest BCUT2D eigenvalue weighted by Gasteiger charge is 2.16. The zero-order valence-electron chi connectivity index (χ0n) is 33.2. The van der Waals surface area contributed by atoms with E-state index in [0.717, 1.165) is 32.1 Å². The Hall–Kier alpha value is -1.10. The molecule has 0 amide bonds. The molecule has 0 heterocycles. The fourth-order valence-corrected chi connectivity index (χ4v) is 6.79. The van der Waals surface area contributed by atoms with Crippen LogP contribution < -0.4 is 0 Å². The molecule has 0 radical (unpaired) electrons. The first-order chi connectivity index (χ1) is 24.1. The quantitative estimate of drug-likeness (QED) is 0.0509. The Kier molecular flexibility index (Phi) is 40.4. The number of carbonyl (C=O) groups is 2. The van der Waals surface area contributed by atoms with Crippen molar-refractivity contribution in [1.29, 1.82) is 0 Å². The lowest BCUT2D eigenvalue weighted by Crippen LogP contribution is -2.28. The summed E-state index contributed by atoms with van der Waals surface area (Å²) in [6, 6.07) is 0. The van der Waals surface area contributed by atoms with Gasteiger partial charge in [0, 0.05) is 12.8 Å². The van der Waals surface area contributed by atoms with Crippen LogP contribution in [0.3, 0.4) is 0 Å². The topological polar surface area (TPSA) is 72.8 Å². The van der Waals surface area contributed by atoms with E-state index in [9.17, 15) is 14.7 Å². The molecule has 0 unspecified atom stereocenters. The van der Waals surface area contributed by atoms with Crippen LogP contribution >= 0.6 is 0 Å². The zero-order chi connectivity index (χ0) is 35.7. The van der Waals surface area contributed by atoms with E-state index in [2.05, 4.69) is 13.8 Å². The average molecular weight is 695 g/mol. The number of unbranched alkanes of at least 4 members (excludes halogenated alkanes) is 33. The van der Waals surface area contributed by atoms with Gasteiger partial charge >= 0.3 is 11.9 Å². The van der Waals surface area contributed by atoms with Crippen LogP contribution in [0.5, 0.6) is 0 Å². The molecule has 0 saturated heterocycles. The maximum Gasteiger partial charge on any atom is 0.306 e. The van der Waals surface area contributed by atoms with Crippen molar-refractivity contribution in [3.63, 3.8) is 0 Å². The summed E-state index contributed by atoms with van der Waals surface area (Å²) >= 11 is 0. The van der Waals surface area contributed by atoms with Crippen LogP contribution in [0.2, 0.25) is 0 Å². The third-order valence-corrected chi connectivity index (χ3v) is 10.2. The molecule has 5 heteroatoms. The van der Waals surface area contributed by atoms with Gasteiger partial charge in [-0.3, -0.25) is 9.59 Å². The Morgan fingerprint density at radius 2 is 0.633 bits per heavy atom. The van der Waals surface area contributed by atoms with Crippen LogP contribution in [0.1, 0.15) is 251 Å². The minimum atomic E-state index is -0.761. The molecular weight excluding hydrogens is 608 g/mol. The minimum absolute atomic E-state index is 0.0564. The van der Waals surface area contributed by atoms with E-state index in [0.29, 0.717) is 12.8 Å². The van der Waals surface area contributed by atoms with Gasteiger partial charge in [-0.2, -0.15) is 0 Å². The molecule has 0 saturated carbocycles. The van der Waals surface area contributed by atoms with Crippen molar-refractivity contribution in [2.75, 3.05) is 13.2 Å². The van der Waals surface area contributed by atoms with Gasteiger partial charge in [0.1, 0.15) is 6.61 Å². The third-order valence-electron chi connectivity index (χ3n) is 10.2. The lowest BCUT2D eigenvalue weighted by Gasteiger charge is -2.15. The van der Waals surface area contributed by atoms with Crippen LogP contribution in [0.4, 0.5) is 0 Å². The Bertz CT molecular complexity index is 666. The molecule has 0 rings (SSSR count). The number of hydrogen-bond donors (Lipinski definition) is 1. The third kappa shape index (κ3) is 39.5. The molecule has 1 N–H and O–H groups in total. The van der Waals surface area contributed by atoms with Gasteiger partial charge in [0.2, 0.25) is 0 Å². The van der Waals surface area contributed by atoms with Gasteiger partial charge in [-0.05, 0) is 12.8 Å². The largest absolute Gasteiger partial charge is 0.462 e. The monoisotopic (exact) mass is 695 g/mol. The molecule has 0 aliphatic rings. The van der Waals surface area contributed by atoms with E-state index in [1.54, 1.807) is 0 Å². The second kappa shape index (κ2) is 41.3. The van der Waals surface area contributed by atoms with E-state index >= 15 is 0 Å². The van der Waals surface area contributed by atoms with E-state index < -0.39 is 6.10 Å². The maximum atomic E-state index is 12.2. The van der Waals surface area contributed by atoms with Gasteiger partial charge in [0.15, 0.2) is 6.10 Å². The number of ether oxygens (including phenoxy) is 2. The Morgan fingerprint density at radius 3 is 0.898 bits per heavy atom. The van der Waals surface area contributed by atoms with Gasteiger partial charge in [-0.1, -0.05) is 226 Å². The van der Waals surface area contributed by atoms with Gasteiger partial charge in [0.05, 0.1) is 6.61 Å². The predicted octanol–water partition coefficient (Wildman–Crippen LogP) is 13.9. The van der Waals surface area contributed by atoms with Crippen LogP contribution in [0.15, 0.2) is 0 Å². The lowest BCUT2D eigenvalue weighted by molar-refractivity contribution is -0.161. The van der Waals surface area contributed by atoms with Crippen LogP contribution in [0, 0.1) is 0 Å². The molecule has 49 heavy (non-hydrogen) atoms. The average Bonchev–Trinajstić information content (AvgIpc) is 3.10. The summed E-state index contributed by atoms with van der Waals surface area (Å²) in [4.78, 5) is 24.3. The van der Waals surface area contributed by atoms with Gasteiger partial charge in [-0.25, -0.2) is 0 Å². The van der Waals surface area contributed by atoms with Crippen molar-refractivity contribution in [2.24, 2.45) is 0 Å². The number of rotatable bonds is 41. The highest BCUT2D eigenvalue weighted by molar-refractivity contribution is 5.70. The second-order valence-corrected chi connectivity index (χ2v) is 15.1. The fourth-order valence-electron chi connectivity index (χ4n) is 6.79. The van der Waals surface area contributed by atoms with E-state index in [4.69, 9.17) is 9.47 Å². The maximum absolute atomic E-state index is 12.2. The van der Waals surface area contributed by atoms with Gasteiger partial charge in [0.25, 0.3) is 0 Å². The fraction of sp³-hybridized carbons (Fsp3) is 0.955. The number of carbonyl (C=O) groups excluding carboxylic acids is 2. The van der Waals surface area contributed by atoms with Crippen molar-refractivity contribution in [2.45, 2.75) is 258 Å². The molecule has 5 nitrogen and oxygen atoms in total. The highest BCUT2D eigenvalue weighted by atomic mass is 16.6. The molecule has 0 aromatic carbocycles. The summed E-state index contributed by atoms with van der Waals surface area (Å²) < 4.78 is 10.6. The summed E-state index contributed by atoms with van der Waals surface area (Å²) in [5, 5.41) is 9.57. The van der Waals surface area contributed by atoms with E-state index in [1.165, 1.54) is 193 Å². The van der Waals surface area contributed by atoms with Gasteiger partial charge in [-0.15, -0.1) is 0 Å². The smallest absolute Gasteiger partial charge is 0.306 e. The van der Waals surface area contributed by atoms with Crippen LogP contribution in [-0.4, -0.2) is 36.4 Å². The molecule has 0 aliphatic heterocycles. The SMILES string of the molecule is CCCCCCCCCCCCCCCCCCCCCCC(=O)OC[C@H](CO)OC(=O)CCCCCCCCCCCCCCCCC. The first-order valence-corrected chi connectivity index (χ1v) is 22.1. The first-order valence-electron chi connectivity index (χ1n) is 22.1. The van der Waals surface area contributed by atoms with Crippen molar-refractivity contribution in [3.8, 4) is 0 Å². The normalized spacial score (nSPS) is 12.0. The number of hydrogen-bond acceptors (Lipinski definition) is 5. The Morgan fingerprint density at radius 1 is 0.388 bits per heavy atom. The summed E-state index contributed by atoms with van der Waals surface area (Å²) in [6.07, 6.45) is 46.0. The summed E-state index contributed by atoms with van der Waals surface area (Å²) in [5.74, 6) is -0.571. The standard InChI is InChI=1S/C44H86O5/c1-3-5-7-9-11-13-15-17-19-20-21-22-23-25-26-28-30-32-34-36-38-43(46)48-41-42(40-45)49-44(47)39-37-35-33-31-29-27-24-18-16-14-12-10-8-6-4-2/h42,45H,3-41H2,1-2H3/t42-/m0/s1. The van der Waals surface area contributed by atoms with Crippen LogP contribution in [0.25, 0.3) is 0 Å². The van der Waals surface area contributed by atoms with E-state index in [-0.39, 0.29) is 25.2 Å². The number of aliphatic hydroxyl groups is 1. The summed E-state index contributed by atoms with van der Waals surface area (Å²) in [7, 11) is 0. The lowest BCUT2D eigenvalue weighted by atomic mass is 10.0. The second-order valence-electron chi connectivity index (χ2n) is 15.1. The van der Waals surface area contributed by atoms with Crippen molar-refractivity contribution < 1.29 is 24.2 Å². The highest BCUT2D eigenvalue weighted by Crippen LogP contribution is 2.16. The molecule has 0 aromatic rings. The number of esters is 2. The predicted molar refractivity (Wildman–Crippen MR) is 210 cm³/mol. The zero-order valence-corrected chi connectivity index (χ0v) is 33.2. The first kappa shape index (κ1) is 47.9. The van der Waals surface area contributed by atoms with Gasteiger partial charge < -0.3 is 14.6 Å². The number of aliphatic hydroxyl groups excluding tert-OH is 1. The van der Waals surface area contributed by atoms with E-state index in [1.807, 2.05) is 0 Å². The minimum Gasteiger partial charge on any atom is -0.462 e. The van der Waals surface area contributed by atoms with Crippen molar-refractivity contribution in [1.82, 2.24) is 0 Å². The summed E-state index contributed by atoms with van der Waals surface area (Å²) in [6.45, 7) is 4.18. The van der Waals surface area contributed by atoms with Crippen molar-refractivity contribution in [3.05, 3.63) is 0 Å².